The molecule has 3 nitrogen and oxygen atoms in total. The molecule has 8 heavy (non-hydrogen) atoms. The van der Waals surface area contributed by atoms with Crippen molar-refractivity contribution < 1.29 is 42.2 Å². The number of hydrogen-bond donors (Lipinski definition) is 0. The fourth-order valence-corrected chi connectivity index (χ4v) is 0.311. The fourth-order valence-electron chi connectivity index (χ4n) is 0.104. The molecule has 0 N–H and O–H groups in total. The molecule has 0 fully saturated rings. The van der Waals surface area contributed by atoms with Crippen molar-refractivity contribution in [3.8, 4) is 0 Å². The van der Waals surface area contributed by atoms with Gasteiger partial charge in [-0.05, 0) is 0 Å². The molecule has 42 valence electrons. The standard InChI is InChI=1S/C3H5O3S.Na/c1-2-3-6-7(4)5;/h2H,1,3H2;/q-1;+1. The normalized spacial score (nSPS) is 8.12. The monoisotopic (exact) mass is 144 g/mol. The van der Waals surface area contributed by atoms with E-state index in [0.29, 0.717) is 0 Å². The van der Waals surface area contributed by atoms with Crippen molar-refractivity contribution >= 4 is 11.0 Å². The molecule has 0 aliphatic carbocycles. The van der Waals surface area contributed by atoms with Crippen molar-refractivity contribution in [2.24, 2.45) is 0 Å². The van der Waals surface area contributed by atoms with Gasteiger partial charge in [-0.15, -0.1) is 6.58 Å². The van der Waals surface area contributed by atoms with Crippen LogP contribution in [0.5, 0.6) is 0 Å². The van der Waals surface area contributed by atoms with E-state index in [0.717, 1.165) is 0 Å². The molecule has 5 heteroatoms. The van der Waals surface area contributed by atoms with Crippen LogP contribution in [0.2, 0.25) is 0 Å². The summed E-state index contributed by atoms with van der Waals surface area (Å²) in [6.07, 6.45) is 1.36. The molecule has 0 aromatic heterocycles. The molecule has 0 atom stereocenters. The van der Waals surface area contributed by atoms with Crippen molar-refractivity contribution in [1.82, 2.24) is 0 Å². The molecule has 0 heterocycles. The molecule has 0 unspecified atom stereocenters. The molecule has 0 bridgehead atoms. The van der Waals surface area contributed by atoms with E-state index in [2.05, 4.69) is 10.8 Å². The van der Waals surface area contributed by atoms with Gasteiger partial charge in [0.1, 0.15) is 0 Å². The van der Waals surface area contributed by atoms with E-state index < -0.39 is 11.0 Å². The molecule has 0 saturated heterocycles. The van der Waals surface area contributed by atoms with E-state index in [-0.39, 0.29) is 36.2 Å². The summed E-state index contributed by atoms with van der Waals surface area (Å²) in [6, 6.07) is 0. The largest absolute Gasteiger partial charge is 1.00 e. The average Bonchev–Trinajstić information content (AvgIpc) is 1.61. The van der Waals surface area contributed by atoms with Gasteiger partial charge in [0.05, 0.1) is 11.0 Å². The number of rotatable bonds is 3. The minimum atomic E-state index is -2.39. The first-order chi connectivity index (χ1) is 3.27. The molecular weight excluding hydrogens is 139 g/mol. The van der Waals surface area contributed by atoms with Crippen molar-refractivity contribution in [3.05, 3.63) is 12.7 Å². The summed E-state index contributed by atoms with van der Waals surface area (Å²) >= 11 is 0. The first-order valence-electron chi connectivity index (χ1n) is 1.61. The molecule has 0 rings (SSSR count). The zero-order valence-electron chi connectivity index (χ0n) is 4.62. The first-order valence-corrected chi connectivity index (χ1v) is 2.61. The van der Waals surface area contributed by atoms with E-state index in [9.17, 15) is 8.42 Å². The van der Waals surface area contributed by atoms with Crippen LogP contribution in [0.15, 0.2) is 12.7 Å². The van der Waals surface area contributed by atoms with Crippen molar-refractivity contribution in [3.63, 3.8) is 0 Å². The fraction of sp³-hybridized carbons (Fsp3) is 0.333. The second-order valence-electron chi connectivity index (χ2n) is 0.777. The molecular formula is C3H5NaO3S. The van der Waals surface area contributed by atoms with Gasteiger partial charge in [-0.2, -0.15) is 0 Å². The Labute approximate surface area is 72.2 Å². The Hall–Kier alpha value is 0.650. The second-order valence-corrected chi connectivity index (χ2v) is 1.42. The van der Waals surface area contributed by atoms with Crippen LogP contribution in [-0.4, -0.2) is 6.61 Å². The molecule has 0 radical (unpaired) electrons. The van der Waals surface area contributed by atoms with Gasteiger partial charge in [-0.25, -0.2) is 0 Å². The van der Waals surface area contributed by atoms with Gasteiger partial charge in [0.15, 0.2) is 0 Å². The summed E-state index contributed by atoms with van der Waals surface area (Å²) in [5.74, 6) is 0. The maximum absolute atomic E-state index is 9.49. The van der Waals surface area contributed by atoms with E-state index in [4.69, 9.17) is 0 Å². The molecule has 0 saturated carbocycles. The molecule has 0 aromatic rings. The minimum Gasteiger partial charge on any atom is -0.421 e. The van der Waals surface area contributed by atoms with Crippen molar-refractivity contribution in [2.75, 3.05) is 6.61 Å². The van der Waals surface area contributed by atoms with Crippen LogP contribution < -0.4 is 29.6 Å². The summed E-state index contributed by atoms with van der Waals surface area (Å²) in [7, 11) is -2.39. The van der Waals surface area contributed by atoms with Gasteiger partial charge >= 0.3 is 29.6 Å². The van der Waals surface area contributed by atoms with Crippen molar-refractivity contribution in [1.29, 1.82) is 0 Å². The molecule has 0 aliphatic heterocycles. The second kappa shape index (κ2) is 7.65. The molecule has 0 aliphatic rings. The van der Waals surface area contributed by atoms with Crippen LogP contribution >= 0.6 is 0 Å². The Kier molecular flexibility index (Phi) is 10.9. The van der Waals surface area contributed by atoms with Gasteiger partial charge in [-0.3, -0.25) is 0 Å². The van der Waals surface area contributed by atoms with E-state index in [1.165, 1.54) is 6.08 Å². The molecule has 0 aromatic carbocycles. The maximum Gasteiger partial charge on any atom is 1.00 e. The predicted molar refractivity (Wildman–Crippen MR) is 24.9 cm³/mol. The minimum absolute atomic E-state index is 0. The first kappa shape index (κ1) is 11.4. The van der Waals surface area contributed by atoms with E-state index in [1.807, 2.05) is 0 Å². The van der Waals surface area contributed by atoms with Crippen LogP contribution in [-0.2, 0) is 23.6 Å². The Morgan fingerprint density at radius 2 is 2.12 bits per heavy atom. The Morgan fingerprint density at radius 3 is 2.25 bits per heavy atom. The Morgan fingerprint density at radius 1 is 1.62 bits per heavy atom. The molecule has 0 spiro atoms. The summed E-state index contributed by atoms with van der Waals surface area (Å²) in [5.41, 5.74) is 0. The predicted octanol–water partition coefficient (Wildman–Crippen LogP) is -2.58. The quantitative estimate of drug-likeness (QED) is 0.248. The van der Waals surface area contributed by atoms with Crippen LogP contribution in [0.4, 0.5) is 0 Å². The maximum atomic E-state index is 9.49. The third-order valence-electron chi connectivity index (χ3n) is 0.282. The third kappa shape index (κ3) is 9.82. The SMILES string of the molecule is C=CCO[S-](=O)=O.[Na+]. The Bertz CT molecular complexity index is 112. The molecule has 0 amide bonds. The third-order valence-corrected chi connectivity index (χ3v) is 0.611. The van der Waals surface area contributed by atoms with Crippen LogP contribution in [0.25, 0.3) is 0 Å². The van der Waals surface area contributed by atoms with Gasteiger partial charge in [-0.1, -0.05) is 6.08 Å². The van der Waals surface area contributed by atoms with Crippen LogP contribution in [0.1, 0.15) is 0 Å². The summed E-state index contributed by atoms with van der Waals surface area (Å²) in [5, 5.41) is 0. The smallest absolute Gasteiger partial charge is 0.421 e. The number of hydrogen-bond acceptors (Lipinski definition) is 4. The van der Waals surface area contributed by atoms with Gasteiger partial charge in [0.25, 0.3) is 0 Å². The summed E-state index contributed by atoms with van der Waals surface area (Å²) in [4.78, 5) is 0. The van der Waals surface area contributed by atoms with Gasteiger partial charge < -0.3 is 12.6 Å². The summed E-state index contributed by atoms with van der Waals surface area (Å²) in [6.45, 7) is 3.29. The summed E-state index contributed by atoms with van der Waals surface area (Å²) < 4.78 is 23.0. The van der Waals surface area contributed by atoms with E-state index in [1.54, 1.807) is 0 Å². The Balaban J connectivity index is 0. The van der Waals surface area contributed by atoms with Crippen LogP contribution in [0, 0.1) is 0 Å². The zero-order valence-corrected chi connectivity index (χ0v) is 7.44. The van der Waals surface area contributed by atoms with Crippen molar-refractivity contribution in [2.45, 2.75) is 0 Å². The topological polar surface area (TPSA) is 43.4 Å². The van der Waals surface area contributed by atoms with Gasteiger partial charge in [0.2, 0.25) is 0 Å². The average molecular weight is 144 g/mol. The van der Waals surface area contributed by atoms with E-state index >= 15 is 0 Å². The van der Waals surface area contributed by atoms with Crippen LogP contribution in [0.3, 0.4) is 0 Å². The zero-order chi connectivity index (χ0) is 5.70. The van der Waals surface area contributed by atoms with Gasteiger partial charge in [0, 0.05) is 6.61 Å².